The van der Waals surface area contributed by atoms with Gasteiger partial charge < -0.3 is 14.7 Å². The molecule has 4 rings (SSSR count). The Morgan fingerprint density at radius 3 is 2.07 bits per heavy atom. The number of hydrogen-bond donors (Lipinski definition) is 0. The zero-order valence-corrected chi connectivity index (χ0v) is 17.3. The number of likely N-dealkylation sites (tertiary alicyclic amines) is 1. The van der Waals surface area contributed by atoms with E-state index in [1.165, 1.54) is 0 Å². The number of carbonyl (C=O) groups excluding carboxylic acids is 3. The van der Waals surface area contributed by atoms with Crippen molar-refractivity contribution >= 4 is 17.7 Å². The fourth-order valence-electron chi connectivity index (χ4n) is 4.07. The van der Waals surface area contributed by atoms with Crippen LogP contribution in [0.15, 0.2) is 48.5 Å². The SMILES string of the molecule is Cc1ccc(C(=O)N2CCN(C(=O)c3cccc(CN4CCCC4=O)c3)CC2)cc1. The summed E-state index contributed by atoms with van der Waals surface area (Å²) in [6.45, 7) is 5.43. The van der Waals surface area contributed by atoms with Gasteiger partial charge in [0.25, 0.3) is 11.8 Å². The van der Waals surface area contributed by atoms with Crippen LogP contribution in [0.4, 0.5) is 0 Å². The lowest BCUT2D eigenvalue weighted by Gasteiger charge is -2.35. The van der Waals surface area contributed by atoms with Crippen molar-refractivity contribution < 1.29 is 14.4 Å². The molecular formula is C24H27N3O3. The van der Waals surface area contributed by atoms with Crippen molar-refractivity contribution in [2.45, 2.75) is 26.3 Å². The van der Waals surface area contributed by atoms with Crippen molar-refractivity contribution in [1.29, 1.82) is 0 Å². The van der Waals surface area contributed by atoms with Gasteiger partial charge in [0, 0.05) is 56.8 Å². The van der Waals surface area contributed by atoms with Gasteiger partial charge in [-0.05, 0) is 43.2 Å². The van der Waals surface area contributed by atoms with Gasteiger partial charge in [-0.1, -0.05) is 29.8 Å². The number of aryl methyl sites for hydroxylation is 1. The monoisotopic (exact) mass is 405 g/mol. The van der Waals surface area contributed by atoms with Crippen molar-refractivity contribution in [2.75, 3.05) is 32.7 Å². The van der Waals surface area contributed by atoms with Crippen molar-refractivity contribution in [3.8, 4) is 0 Å². The maximum atomic E-state index is 13.0. The molecule has 3 amide bonds. The standard InChI is InChI=1S/C24H27N3O3/c1-18-7-9-20(10-8-18)23(29)25-12-14-26(15-13-25)24(30)21-5-2-4-19(16-21)17-27-11-3-6-22(27)28/h2,4-5,7-10,16H,3,6,11-15,17H2,1H3. The van der Waals surface area contributed by atoms with Gasteiger partial charge in [-0.2, -0.15) is 0 Å². The third-order valence-electron chi connectivity index (χ3n) is 5.87. The number of nitrogens with zero attached hydrogens (tertiary/aromatic N) is 3. The van der Waals surface area contributed by atoms with Crippen LogP contribution in [-0.2, 0) is 11.3 Å². The number of amides is 3. The highest BCUT2D eigenvalue weighted by molar-refractivity contribution is 5.96. The van der Waals surface area contributed by atoms with Gasteiger partial charge in [-0.15, -0.1) is 0 Å². The number of benzene rings is 2. The van der Waals surface area contributed by atoms with E-state index in [1.807, 2.05) is 65.3 Å². The van der Waals surface area contributed by atoms with E-state index in [9.17, 15) is 14.4 Å². The predicted octanol–water partition coefficient (Wildman–Crippen LogP) is 2.72. The molecule has 0 unspecified atom stereocenters. The van der Waals surface area contributed by atoms with Gasteiger partial charge in [0.1, 0.15) is 0 Å². The van der Waals surface area contributed by atoms with Crippen molar-refractivity contribution in [2.24, 2.45) is 0 Å². The fraction of sp³-hybridized carbons (Fsp3) is 0.375. The first kappa shape index (κ1) is 20.1. The second-order valence-corrected chi connectivity index (χ2v) is 8.07. The van der Waals surface area contributed by atoms with Crippen molar-refractivity contribution in [1.82, 2.24) is 14.7 Å². The van der Waals surface area contributed by atoms with Crippen LogP contribution in [0.2, 0.25) is 0 Å². The molecule has 0 radical (unpaired) electrons. The Hall–Kier alpha value is -3.15. The minimum Gasteiger partial charge on any atom is -0.338 e. The molecule has 2 saturated heterocycles. The molecule has 2 aromatic rings. The molecule has 0 spiro atoms. The highest BCUT2D eigenvalue weighted by Gasteiger charge is 2.26. The molecule has 30 heavy (non-hydrogen) atoms. The zero-order chi connectivity index (χ0) is 21.1. The van der Waals surface area contributed by atoms with Gasteiger partial charge in [0.2, 0.25) is 5.91 Å². The number of piperazine rings is 1. The van der Waals surface area contributed by atoms with Crippen LogP contribution >= 0.6 is 0 Å². The first-order chi connectivity index (χ1) is 14.5. The molecule has 6 nitrogen and oxygen atoms in total. The second kappa shape index (κ2) is 8.69. The van der Waals surface area contributed by atoms with E-state index in [2.05, 4.69) is 0 Å². The summed E-state index contributed by atoms with van der Waals surface area (Å²) in [5.41, 5.74) is 3.42. The molecule has 2 aliphatic heterocycles. The Morgan fingerprint density at radius 1 is 0.833 bits per heavy atom. The maximum absolute atomic E-state index is 13.0. The van der Waals surface area contributed by atoms with E-state index in [-0.39, 0.29) is 17.7 Å². The largest absolute Gasteiger partial charge is 0.338 e. The minimum atomic E-state index is -0.0213. The van der Waals surface area contributed by atoms with Crippen molar-refractivity contribution in [3.05, 3.63) is 70.8 Å². The van der Waals surface area contributed by atoms with Crippen LogP contribution in [-0.4, -0.2) is 65.1 Å². The summed E-state index contributed by atoms with van der Waals surface area (Å²) in [5, 5.41) is 0. The molecule has 0 aliphatic carbocycles. The van der Waals surface area contributed by atoms with Crippen LogP contribution in [0.1, 0.15) is 44.7 Å². The van der Waals surface area contributed by atoms with Gasteiger partial charge in [-0.3, -0.25) is 14.4 Å². The lowest BCUT2D eigenvalue weighted by atomic mass is 10.1. The Balaban J connectivity index is 1.36. The summed E-state index contributed by atoms with van der Waals surface area (Å²) in [6, 6.07) is 15.1. The van der Waals surface area contributed by atoms with Crippen LogP contribution in [0.25, 0.3) is 0 Å². The maximum Gasteiger partial charge on any atom is 0.253 e. The molecule has 0 N–H and O–H groups in total. The van der Waals surface area contributed by atoms with Crippen LogP contribution in [0.3, 0.4) is 0 Å². The van der Waals surface area contributed by atoms with Gasteiger partial charge in [-0.25, -0.2) is 0 Å². The lowest BCUT2D eigenvalue weighted by molar-refractivity contribution is -0.128. The molecule has 2 aromatic carbocycles. The molecular weight excluding hydrogens is 378 g/mol. The topological polar surface area (TPSA) is 60.9 Å². The van der Waals surface area contributed by atoms with E-state index in [0.29, 0.717) is 50.3 Å². The van der Waals surface area contributed by atoms with E-state index >= 15 is 0 Å². The summed E-state index contributed by atoms with van der Waals surface area (Å²) < 4.78 is 0. The first-order valence-corrected chi connectivity index (χ1v) is 10.5. The highest BCUT2D eigenvalue weighted by Crippen LogP contribution is 2.17. The quantitative estimate of drug-likeness (QED) is 0.786. The summed E-state index contributed by atoms with van der Waals surface area (Å²) in [6.07, 6.45) is 1.52. The summed E-state index contributed by atoms with van der Waals surface area (Å²) in [5.74, 6) is 0.174. The first-order valence-electron chi connectivity index (χ1n) is 10.5. The van der Waals surface area contributed by atoms with Gasteiger partial charge >= 0.3 is 0 Å². The third-order valence-corrected chi connectivity index (χ3v) is 5.87. The van der Waals surface area contributed by atoms with Crippen LogP contribution in [0.5, 0.6) is 0 Å². The smallest absolute Gasteiger partial charge is 0.253 e. The Labute approximate surface area is 177 Å². The molecule has 0 bridgehead atoms. The fourth-order valence-corrected chi connectivity index (χ4v) is 4.07. The molecule has 2 aliphatic rings. The van der Waals surface area contributed by atoms with Crippen LogP contribution in [0, 0.1) is 6.92 Å². The molecule has 2 fully saturated rings. The average molecular weight is 405 g/mol. The minimum absolute atomic E-state index is 0.0133. The lowest BCUT2D eigenvalue weighted by Crippen LogP contribution is -2.50. The predicted molar refractivity (Wildman–Crippen MR) is 114 cm³/mol. The number of carbonyl (C=O) groups is 3. The van der Waals surface area contributed by atoms with E-state index in [1.54, 1.807) is 4.90 Å². The normalized spacial score (nSPS) is 16.8. The summed E-state index contributed by atoms with van der Waals surface area (Å²) in [7, 11) is 0. The van der Waals surface area contributed by atoms with Gasteiger partial charge in [0.05, 0.1) is 0 Å². The summed E-state index contributed by atoms with van der Waals surface area (Å²) in [4.78, 5) is 43.0. The average Bonchev–Trinajstić information content (AvgIpc) is 3.18. The third kappa shape index (κ3) is 4.37. The molecule has 0 atom stereocenters. The van der Waals surface area contributed by atoms with Crippen molar-refractivity contribution in [3.63, 3.8) is 0 Å². The second-order valence-electron chi connectivity index (χ2n) is 8.07. The Bertz CT molecular complexity index is 946. The van der Waals surface area contributed by atoms with E-state index in [4.69, 9.17) is 0 Å². The molecule has 0 saturated carbocycles. The Kier molecular flexibility index (Phi) is 5.84. The number of rotatable bonds is 4. The van der Waals surface area contributed by atoms with E-state index in [0.717, 1.165) is 24.1 Å². The Morgan fingerprint density at radius 2 is 1.47 bits per heavy atom. The molecule has 156 valence electrons. The van der Waals surface area contributed by atoms with E-state index < -0.39 is 0 Å². The number of hydrogen-bond acceptors (Lipinski definition) is 3. The zero-order valence-electron chi connectivity index (χ0n) is 17.3. The van der Waals surface area contributed by atoms with Crippen LogP contribution < -0.4 is 0 Å². The molecule has 0 aromatic heterocycles. The van der Waals surface area contributed by atoms with Gasteiger partial charge in [0.15, 0.2) is 0 Å². The summed E-state index contributed by atoms with van der Waals surface area (Å²) >= 11 is 0. The highest BCUT2D eigenvalue weighted by atomic mass is 16.2. The molecule has 6 heteroatoms. The molecule has 2 heterocycles.